The van der Waals surface area contributed by atoms with Crippen LogP contribution in [0.3, 0.4) is 0 Å². The smallest absolute Gasteiger partial charge is 0.148 e. The summed E-state index contributed by atoms with van der Waals surface area (Å²) in [6.07, 6.45) is 2.54. The molecule has 0 aromatic carbocycles. The molecule has 14 heavy (non-hydrogen) atoms. The minimum absolute atomic E-state index is 0.0707. The van der Waals surface area contributed by atoms with Gasteiger partial charge in [0.2, 0.25) is 0 Å². The zero-order chi connectivity index (χ0) is 11.0. The summed E-state index contributed by atoms with van der Waals surface area (Å²) in [6, 6.07) is 0.0707. The highest BCUT2D eigenvalue weighted by atomic mass is 32.2. The average Bonchev–Trinajstić information content (AvgIpc) is 2.51. The van der Waals surface area contributed by atoms with Gasteiger partial charge in [-0.05, 0) is 31.2 Å². The molecule has 0 bridgehead atoms. The minimum atomic E-state index is -2.84. The first-order valence-corrected chi connectivity index (χ1v) is 7.18. The van der Waals surface area contributed by atoms with Gasteiger partial charge in [0.15, 0.2) is 0 Å². The van der Waals surface area contributed by atoms with E-state index in [-0.39, 0.29) is 11.8 Å². The number of rotatable bonds is 5. The Morgan fingerprint density at radius 1 is 1.50 bits per heavy atom. The Kier molecular flexibility index (Phi) is 3.26. The molecule has 0 heterocycles. The molecule has 0 radical (unpaired) electrons. The molecular weight excluding hydrogens is 198 g/mol. The Labute approximate surface area is 87.2 Å². The van der Waals surface area contributed by atoms with Crippen molar-refractivity contribution in [2.24, 2.45) is 11.3 Å². The van der Waals surface area contributed by atoms with Crippen LogP contribution in [0.1, 0.15) is 27.2 Å². The second-order valence-electron chi connectivity index (χ2n) is 5.29. The molecule has 1 N–H and O–H groups in total. The fourth-order valence-electron chi connectivity index (χ4n) is 1.78. The highest BCUT2D eigenvalue weighted by Crippen LogP contribution is 2.50. The van der Waals surface area contributed by atoms with E-state index in [9.17, 15) is 8.42 Å². The number of sulfone groups is 1. The zero-order valence-electron chi connectivity index (χ0n) is 9.50. The van der Waals surface area contributed by atoms with E-state index in [1.807, 2.05) is 6.92 Å². The maximum Gasteiger partial charge on any atom is 0.148 e. The van der Waals surface area contributed by atoms with E-state index in [1.54, 1.807) is 0 Å². The third-order valence-corrected chi connectivity index (χ3v) is 4.09. The Bertz CT molecular complexity index is 295. The topological polar surface area (TPSA) is 46.2 Å². The van der Waals surface area contributed by atoms with E-state index < -0.39 is 9.84 Å². The van der Waals surface area contributed by atoms with Gasteiger partial charge < -0.3 is 5.32 Å². The van der Waals surface area contributed by atoms with E-state index in [2.05, 4.69) is 19.2 Å². The van der Waals surface area contributed by atoms with Crippen LogP contribution in [0.5, 0.6) is 0 Å². The van der Waals surface area contributed by atoms with E-state index in [0.29, 0.717) is 5.41 Å². The van der Waals surface area contributed by atoms with E-state index in [4.69, 9.17) is 0 Å². The third-order valence-electron chi connectivity index (χ3n) is 2.98. The van der Waals surface area contributed by atoms with Gasteiger partial charge >= 0.3 is 0 Å². The van der Waals surface area contributed by atoms with Crippen molar-refractivity contribution >= 4 is 9.84 Å². The molecule has 3 nitrogen and oxygen atoms in total. The lowest BCUT2D eigenvalue weighted by molar-refractivity contribution is 0.489. The zero-order valence-corrected chi connectivity index (χ0v) is 10.3. The normalized spacial score (nSPS) is 27.3. The summed E-state index contributed by atoms with van der Waals surface area (Å²) in [5.74, 6) is 0.963. The van der Waals surface area contributed by atoms with Gasteiger partial charge in [-0.3, -0.25) is 0 Å². The predicted molar refractivity (Wildman–Crippen MR) is 59.1 cm³/mol. The second-order valence-corrected chi connectivity index (χ2v) is 7.48. The number of hydrogen-bond acceptors (Lipinski definition) is 3. The van der Waals surface area contributed by atoms with Gasteiger partial charge in [0.05, 0.1) is 5.75 Å². The molecule has 0 aromatic heterocycles. The van der Waals surface area contributed by atoms with Crippen LogP contribution in [-0.2, 0) is 9.84 Å². The number of hydrogen-bond donors (Lipinski definition) is 1. The quantitative estimate of drug-likeness (QED) is 0.752. The van der Waals surface area contributed by atoms with Gasteiger partial charge in [0.25, 0.3) is 0 Å². The summed E-state index contributed by atoms with van der Waals surface area (Å²) in [5.41, 5.74) is 0.470. The lowest BCUT2D eigenvalue weighted by Gasteiger charge is -2.13. The van der Waals surface area contributed by atoms with Crippen molar-refractivity contribution in [2.75, 3.05) is 18.6 Å². The Morgan fingerprint density at radius 3 is 2.36 bits per heavy atom. The van der Waals surface area contributed by atoms with Crippen LogP contribution in [0.25, 0.3) is 0 Å². The maximum atomic E-state index is 11.0. The van der Waals surface area contributed by atoms with Crippen LogP contribution in [0.4, 0.5) is 0 Å². The van der Waals surface area contributed by atoms with Crippen LogP contribution < -0.4 is 5.32 Å². The molecule has 0 saturated heterocycles. The van der Waals surface area contributed by atoms with E-state index in [0.717, 1.165) is 12.5 Å². The predicted octanol–water partition coefficient (Wildman–Crippen LogP) is 1.06. The minimum Gasteiger partial charge on any atom is -0.313 e. The van der Waals surface area contributed by atoms with Crippen molar-refractivity contribution in [3.8, 4) is 0 Å². The van der Waals surface area contributed by atoms with E-state index >= 15 is 0 Å². The largest absolute Gasteiger partial charge is 0.313 e. The highest BCUT2D eigenvalue weighted by molar-refractivity contribution is 7.90. The van der Waals surface area contributed by atoms with Gasteiger partial charge in [-0.1, -0.05) is 13.8 Å². The summed E-state index contributed by atoms with van der Waals surface area (Å²) < 4.78 is 22.0. The Morgan fingerprint density at radius 2 is 2.00 bits per heavy atom. The monoisotopic (exact) mass is 219 g/mol. The van der Waals surface area contributed by atoms with Gasteiger partial charge in [0, 0.05) is 12.3 Å². The first-order valence-electron chi connectivity index (χ1n) is 5.12. The molecule has 1 aliphatic rings. The van der Waals surface area contributed by atoms with Crippen molar-refractivity contribution in [3.63, 3.8) is 0 Å². The summed E-state index contributed by atoms with van der Waals surface area (Å²) in [6.45, 7) is 7.38. The van der Waals surface area contributed by atoms with Gasteiger partial charge in [0.1, 0.15) is 9.84 Å². The lowest BCUT2D eigenvalue weighted by atomic mass is 10.1. The first kappa shape index (κ1) is 12.0. The van der Waals surface area contributed by atoms with Crippen molar-refractivity contribution in [3.05, 3.63) is 0 Å². The Balaban J connectivity index is 2.20. The molecule has 0 aromatic rings. The fourth-order valence-corrected chi connectivity index (χ4v) is 2.81. The number of nitrogens with one attached hydrogen (secondary N) is 1. The van der Waals surface area contributed by atoms with Gasteiger partial charge in [-0.2, -0.15) is 0 Å². The molecule has 0 spiro atoms. The SMILES string of the molecule is CC(CS(C)(=O)=O)NCC1CC1(C)C. The second kappa shape index (κ2) is 3.81. The van der Waals surface area contributed by atoms with Crippen molar-refractivity contribution < 1.29 is 8.42 Å². The summed E-state index contributed by atoms with van der Waals surface area (Å²) >= 11 is 0. The lowest BCUT2D eigenvalue weighted by Crippen LogP contribution is -2.34. The maximum absolute atomic E-state index is 11.0. The summed E-state index contributed by atoms with van der Waals surface area (Å²) in [7, 11) is -2.84. The van der Waals surface area contributed by atoms with Gasteiger partial charge in [-0.25, -0.2) is 8.42 Å². The van der Waals surface area contributed by atoms with Crippen LogP contribution in [0, 0.1) is 11.3 Å². The van der Waals surface area contributed by atoms with Crippen molar-refractivity contribution in [2.45, 2.75) is 33.2 Å². The fraction of sp³-hybridized carbons (Fsp3) is 1.00. The third kappa shape index (κ3) is 3.96. The van der Waals surface area contributed by atoms with Crippen LogP contribution in [0.15, 0.2) is 0 Å². The first-order chi connectivity index (χ1) is 6.21. The molecule has 2 atom stereocenters. The van der Waals surface area contributed by atoms with Crippen molar-refractivity contribution in [1.82, 2.24) is 5.32 Å². The molecule has 84 valence electrons. The summed E-state index contributed by atoms with van der Waals surface area (Å²) in [5, 5.41) is 3.28. The average molecular weight is 219 g/mol. The van der Waals surface area contributed by atoms with Crippen LogP contribution >= 0.6 is 0 Å². The molecule has 1 rings (SSSR count). The molecule has 0 aliphatic heterocycles. The highest BCUT2D eigenvalue weighted by Gasteiger charge is 2.44. The van der Waals surface area contributed by atoms with Crippen LogP contribution in [-0.4, -0.2) is 33.0 Å². The summed E-state index contributed by atoms with van der Waals surface area (Å²) in [4.78, 5) is 0. The van der Waals surface area contributed by atoms with E-state index in [1.165, 1.54) is 12.7 Å². The van der Waals surface area contributed by atoms with Gasteiger partial charge in [-0.15, -0.1) is 0 Å². The molecular formula is C10H21NO2S. The molecule has 1 fully saturated rings. The molecule has 0 amide bonds. The Hall–Kier alpha value is -0.0900. The van der Waals surface area contributed by atoms with Crippen LogP contribution in [0.2, 0.25) is 0 Å². The van der Waals surface area contributed by atoms with Crippen molar-refractivity contribution in [1.29, 1.82) is 0 Å². The molecule has 1 aliphatic carbocycles. The standard InChI is InChI=1S/C10H21NO2S/c1-8(7-14(4,12)13)11-6-9-5-10(9,2)3/h8-9,11H,5-7H2,1-4H3. The molecule has 1 saturated carbocycles. The molecule has 2 unspecified atom stereocenters. The molecule has 4 heteroatoms.